The fourth-order valence-electron chi connectivity index (χ4n) is 13.6. The summed E-state index contributed by atoms with van der Waals surface area (Å²) in [5, 5.41) is 4.64. The van der Waals surface area contributed by atoms with Crippen molar-refractivity contribution in [1.29, 1.82) is 0 Å². The maximum atomic E-state index is 9.92. The van der Waals surface area contributed by atoms with Crippen LogP contribution < -0.4 is 30.2 Å². The molecule has 0 amide bonds. The SMILES string of the molecule is [2H]c1c([2H])c([2H])c(-c2cc(C(C)(C)C)cc(-c3c([2H])c([2H])c([2H])c([2H])c3[2H])c2N2c3cc(-n4c5ccc(C(C)(C)C)cc5c5cc(C(C)(C)C)ccc54)ccc3B3c4ccc(-n5c6ccc(C(C)(C)C)cc6c6cc(C(C)(C)C)ccc65)cc4[Se]c4cc(C(C)(C)C)cc2c43)c([2H])c1[2H]. The predicted octanol–water partition coefficient (Wildman–Crippen LogP) is 19.3. The molecule has 0 spiro atoms. The van der Waals surface area contributed by atoms with Gasteiger partial charge in [0.25, 0.3) is 0 Å². The van der Waals surface area contributed by atoms with Gasteiger partial charge >= 0.3 is 501 Å². The van der Waals surface area contributed by atoms with Gasteiger partial charge in [-0.15, -0.1) is 0 Å². The molecule has 0 saturated heterocycles. The maximum absolute atomic E-state index is 9.92. The third kappa shape index (κ3) is 9.93. The second-order valence-corrected chi connectivity index (χ2v) is 33.5. The van der Waals surface area contributed by atoms with Gasteiger partial charge in [0.1, 0.15) is 0 Å². The number of hydrogen-bond acceptors (Lipinski definition) is 1. The van der Waals surface area contributed by atoms with E-state index in [1.165, 1.54) is 37.5 Å². The number of hydrogen-bond donors (Lipinski definition) is 0. The van der Waals surface area contributed by atoms with E-state index in [0.29, 0.717) is 11.3 Å². The van der Waals surface area contributed by atoms with Gasteiger partial charge in [0.2, 0.25) is 0 Å². The summed E-state index contributed by atoms with van der Waals surface area (Å²) in [7, 11) is 0. The van der Waals surface area contributed by atoms with Crippen molar-refractivity contribution in [2.45, 2.75) is 157 Å². The number of fused-ring (bicyclic) bond motifs is 10. The molecule has 2 aromatic heterocycles. The second kappa shape index (κ2) is 20.3. The standard InChI is InChI=1S/C84H86BN3Se/c1-79(2,3)53-29-37-69-63(41-53)64-42-54(80(4,5)6)30-38-70(64)86(69)59-33-35-67-73(49-59)88(78-61(51-25-21-19-22-26-51)45-57(83(13,14)15)46-62(78)52-27-23-20-24-28-52)74-47-58(84(16,17)18)48-76-77(74)85(67)68-36-34-60(50-75(68)89-76)87-71-39-31-55(81(7,8)9)43-65(71)66-44-56(82(10,11)12)32-40-72(66)87/h19-50H,1-18H3/i19D,20D,21D,22D,23D,24D,25D,26D,27D,28D. The molecule has 5 heteroatoms. The van der Waals surface area contributed by atoms with Gasteiger partial charge in [-0.3, -0.25) is 0 Å². The van der Waals surface area contributed by atoms with E-state index in [4.69, 9.17) is 2.74 Å². The summed E-state index contributed by atoms with van der Waals surface area (Å²) in [5.74, 6) is 0. The zero-order valence-electron chi connectivity index (χ0n) is 65.0. The Kier molecular flexibility index (Phi) is 11.0. The molecule has 10 aromatic carbocycles. The number of rotatable bonds is 5. The Morgan fingerprint density at radius 1 is 0.337 bits per heavy atom. The Bertz CT molecular complexity index is 5210. The normalized spacial score (nSPS) is 15.4. The molecule has 14 rings (SSSR count). The monoisotopic (exact) mass is 1240 g/mol. The van der Waals surface area contributed by atoms with E-state index in [1.54, 1.807) is 0 Å². The molecule has 2 aliphatic heterocycles. The van der Waals surface area contributed by atoms with Crippen LogP contribution in [-0.2, 0) is 32.5 Å². The van der Waals surface area contributed by atoms with Crippen LogP contribution in [0.1, 0.15) is 172 Å². The van der Waals surface area contributed by atoms with Gasteiger partial charge in [0, 0.05) is 0 Å². The van der Waals surface area contributed by atoms with Crippen molar-refractivity contribution in [3.05, 3.63) is 227 Å². The molecule has 2 aliphatic rings. The van der Waals surface area contributed by atoms with Crippen molar-refractivity contribution < 1.29 is 13.7 Å². The summed E-state index contributed by atoms with van der Waals surface area (Å²) in [4.78, 5) is 2.18. The summed E-state index contributed by atoms with van der Waals surface area (Å²) in [6.45, 7) is 39.4. The summed E-state index contributed by atoms with van der Waals surface area (Å²) in [6, 6.07) is 44.9. The van der Waals surface area contributed by atoms with E-state index in [0.717, 1.165) is 82.0 Å². The van der Waals surface area contributed by atoms with Crippen LogP contribution in [0.15, 0.2) is 194 Å². The minimum atomic E-state index is -0.683. The van der Waals surface area contributed by atoms with Gasteiger partial charge in [-0.25, -0.2) is 0 Å². The number of anilines is 3. The molecule has 12 aromatic rings. The van der Waals surface area contributed by atoms with Gasteiger partial charge in [0.15, 0.2) is 0 Å². The Balaban J connectivity index is 1.14. The van der Waals surface area contributed by atoms with Crippen LogP contribution >= 0.6 is 0 Å². The van der Waals surface area contributed by atoms with Crippen LogP contribution in [0.3, 0.4) is 0 Å². The van der Waals surface area contributed by atoms with Gasteiger partial charge in [-0.05, 0) is 10.8 Å². The molecule has 0 saturated carbocycles. The van der Waals surface area contributed by atoms with Crippen LogP contribution in [0.4, 0.5) is 17.1 Å². The molecule has 446 valence electrons. The van der Waals surface area contributed by atoms with Crippen molar-refractivity contribution in [3.8, 4) is 33.6 Å². The van der Waals surface area contributed by atoms with E-state index in [-0.39, 0.29) is 65.6 Å². The van der Waals surface area contributed by atoms with Gasteiger partial charge in [0.05, 0.1) is 0 Å². The van der Waals surface area contributed by atoms with Crippen LogP contribution in [0, 0.1) is 0 Å². The van der Waals surface area contributed by atoms with Crippen molar-refractivity contribution >= 4 is 108 Å². The summed E-state index contributed by atoms with van der Waals surface area (Å²) < 4.78 is 102. The molecular formula is C84H86BN3Se. The zero-order chi connectivity index (χ0) is 71.5. The first-order valence-electron chi connectivity index (χ1n) is 36.5. The van der Waals surface area contributed by atoms with E-state index < -0.39 is 71.3 Å². The Hall–Kier alpha value is -7.82. The van der Waals surface area contributed by atoms with E-state index in [1.807, 2.05) is 32.9 Å². The Labute approximate surface area is 550 Å². The molecule has 0 atom stereocenters. The molecule has 0 N–H and O–H groups in total. The second-order valence-electron chi connectivity index (χ2n) is 31.3. The van der Waals surface area contributed by atoms with E-state index >= 15 is 0 Å². The zero-order valence-corrected chi connectivity index (χ0v) is 56.7. The van der Waals surface area contributed by atoms with Gasteiger partial charge < -0.3 is 0 Å². The number of nitrogens with zero attached hydrogens (tertiary/aromatic N) is 3. The molecular weight excluding hydrogens is 1140 g/mol. The van der Waals surface area contributed by atoms with Crippen LogP contribution in [0.25, 0.3) is 77.2 Å². The third-order valence-corrected chi connectivity index (χ3v) is 21.2. The predicted molar refractivity (Wildman–Crippen MR) is 389 cm³/mol. The molecule has 0 aliphatic carbocycles. The number of benzene rings is 10. The molecule has 0 bridgehead atoms. The fraction of sp³-hybridized carbons (Fsp3) is 0.286. The van der Waals surface area contributed by atoms with E-state index in [2.05, 4.69) is 239 Å². The summed E-state index contributed by atoms with van der Waals surface area (Å²) in [5.41, 5.74) is 16.6. The summed E-state index contributed by atoms with van der Waals surface area (Å²) in [6.07, 6.45) is 0. The first-order valence-corrected chi connectivity index (χ1v) is 33.2. The van der Waals surface area contributed by atoms with Crippen molar-refractivity contribution in [3.63, 3.8) is 0 Å². The van der Waals surface area contributed by atoms with Crippen molar-refractivity contribution in [1.82, 2.24) is 9.13 Å². The minimum absolute atomic E-state index is 0.0699. The molecule has 0 radical (unpaired) electrons. The quantitative estimate of drug-likeness (QED) is 0.157. The first-order chi connectivity index (χ1) is 46.1. The van der Waals surface area contributed by atoms with E-state index in [9.17, 15) is 11.0 Å². The molecule has 0 fully saturated rings. The van der Waals surface area contributed by atoms with Crippen molar-refractivity contribution in [2.24, 2.45) is 0 Å². The fourth-order valence-corrected chi connectivity index (χ4v) is 16.2. The third-order valence-electron chi connectivity index (χ3n) is 18.9. The number of aromatic nitrogens is 2. The van der Waals surface area contributed by atoms with Crippen LogP contribution in [-0.4, -0.2) is 30.8 Å². The van der Waals surface area contributed by atoms with Gasteiger partial charge in [-0.2, -0.15) is 0 Å². The van der Waals surface area contributed by atoms with Crippen LogP contribution in [0.5, 0.6) is 0 Å². The van der Waals surface area contributed by atoms with Crippen LogP contribution in [0.2, 0.25) is 0 Å². The topological polar surface area (TPSA) is 13.1 Å². The Morgan fingerprint density at radius 2 is 0.708 bits per heavy atom. The molecule has 89 heavy (non-hydrogen) atoms. The van der Waals surface area contributed by atoms with Crippen molar-refractivity contribution in [2.75, 3.05) is 4.90 Å². The first kappa shape index (κ1) is 48.1. The molecule has 4 heterocycles. The summed E-state index contributed by atoms with van der Waals surface area (Å²) >= 11 is -0.323. The Morgan fingerprint density at radius 3 is 1.10 bits per heavy atom. The average Bonchev–Trinajstić information content (AvgIpc) is 1.01. The van der Waals surface area contributed by atoms with Gasteiger partial charge in [-0.1, -0.05) is 41.5 Å². The molecule has 0 unspecified atom stereocenters. The molecule has 3 nitrogen and oxygen atoms in total. The average molecular weight is 1240 g/mol.